The number of amides is 1. The first-order valence-corrected chi connectivity index (χ1v) is 7.32. The minimum absolute atomic E-state index is 0.0125. The van der Waals surface area contributed by atoms with Gasteiger partial charge in [-0.2, -0.15) is 11.8 Å². The molecule has 2 N–H and O–H groups in total. The molecule has 0 aliphatic carbocycles. The molecule has 5 heteroatoms. The molecule has 0 bridgehead atoms. The molecule has 0 rings (SSSR count). The maximum Gasteiger partial charge on any atom is 0.303 e. The van der Waals surface area contributed by atoms with Crippen LogP contribution in [0.3, 0.4) is 0 Å². The van der Waals surface area contributed by atoms with Gasteiger partial charge in [-0.1, -0.05) is 13.8 Å². The lowest BCUT2D eigenvalue weighted by Gasteiger charge is -2.17. The zero-order valence-corrected chi connectivity index (χ0v) is 11.7. The second kappa shape index (κ2) is 9.33. The van der Waals surface area contributed by atoms with Gasteiger partial charge in [-0.25, -0.2) is 0 Å². The van der Waals surface area contributed by atoms with Crippen molar-refractivity contribution in [2.45, 2.75) is 33.1 Å². The van der Waals surface area contributed by atoms with E-state index in [9.17, 15) is 9.59 Å². The molecule has 0 heterocycles. The molecule has 0 fully saturated rings. The second-order valence-corrected chi connectivity index (χ2v) is 5.63. The molecule has 0 spiro atoms. The van der Waals surface area contributed by atoms with Crippen LogP contribution in [0, 0.1) is 11.8 Å². The van der Waals surface area contributed by atoms with Crippen LogP contribution >= 0.6 is 11.8 Å². The van der Waals surface area contributed by atoms with E-state index >= 15 is 0 Å². The topological polar surface area (TPSA) is 66.4 Å². The largest absolute Gasteiger partial charge is 0.481 e. The van der Waals surface area contributed by atoms with Crippen molar-refractivity contribution in [3.05, 3.63) is 0 Å². The van der Waals surface area contributed by atoms with Gasteiger partial charge < -0.3 is 10.4 Å². The van der Waals surface area contributed by atoms with Gasteiger partial charge in [0.2, 0.25) is 5.91 Å². The molecule has 0 saturated heterocycles. The molecule has 0 aromatic heterocycles. The Morgan fingerprint density at radius 2 is 2.00 bits per heavy atom. The molecule has 0 aliphatic rings. The van der Waals surface area contributed by atoms with Gasteiger partial charge in [0, 0.05) is 25.1 Å². The van der Waals surface area contributed by atoms with Crippen molar-refractivity contribution in [3.63, 3.8) is 0 Å². The quantitative estimate of drug-likeness (QED) is 0.666. The summed E-state index contributed by atoms with van der Waals surface area (Å²) in [5.74, 6) is 0.500. The lowest BCUT2D eigenvalue weighted by Crippen LogP contribution is -2.31. The number of aliphatic carboxylic acids is 1. The fourth-order valence-electron chi connectivity index (χ4n) is 1.69. The number of nitrogens with one attached hydrogen (secondary N) is 1. The van der Waals surface area contributed by atoms with E-state index in [-0.39, 0.29) is 18.2 Å². The zero-order valence-electron chi connectivity index (χ0n) is 10.9. The van der Waals surface area contributed by atoms with Crippen molar-refractivity contribution in [3.8, 4) is 0 Å². The summed E-state index contributed by atoms with van der Waals surface area (Å²) in [6.07, 6.45) is 3.41. The summed E-state index contributed by atoms with van der Waals surface area (Å²) in [4.78, 5) is 22.1. The Kier molecular flexibility index (Phi) is 8.94. The molecule has 0 radical (unpaired) electrons. The number of rotatable bonds is 9. The minimum atomic E-state index is -0.797. The van der Waals surface area contributed by atoms with Crippen LogP contribution < -0.4 is 5.32 Å². The SMILES string of the molecule is CSCCC(=O)NC[C@H](CC(=O)O)CC(C)C. The smallest absolute Gasteiger partial charge is 0.303 e. The fraction of sp³-hybridized carbons (Fsp3) is 0.833. The molecule has 0 aliphatic heterocycles. The highest BCUT2D eigenvalue weighted by Gasteiger charge is 2.15. The molecule has 1 amide bonds. The van der Waals surface area contributed by atoms with Gasteiger partial charge in [0.05, 0.1) is 0 Å². The van der Waals surface area contributed by atoms with Crippen molar-refractivity contribution >= 4 is 23.6 Å². The fourth-order valence-corrected chi connectivity index (χ4v) is 2.08. The van der Waals surface area contributed by atoms with Crippen molar-refractivity contribution in [1.29, 1.82) is 0 Å². The van der Waals surface area contributed by atoms with Crippen molar-refractivity contribution in [1.82, 2.24) is 5.32 Å². The first kappa shape index (κ1) is 16.3. The van der Waals surface area contributed by atoms with Gasteiger partial charge in [-0.15, -0.1) is 0 Å². The number of hydrogen-bond donors (Lipinski definition) is 2. The maximum atomic E-state index is 11.4. The van der Waals surface area contributed by atoms with Gasteiger partial charge in [0.15, 0.2) is 0 Å². The number of carboxylic acid groups (broad SMARTS) is 1. The Labute approximate surface area is 108 Å². The van der Waals surface area contributed by atoms with Gasteiger partial charge in [0.25, 0.3) is 0 Å². The van der Waals surface area contributed by atoms with E-state index in [2.05, 4.69) is 19.2 Å². The lowest BCUT2D eigenvalue weighted by molar-refractivity contribution is -0.138. The van der Waals surface area contributed by atoms with Crippen molar-refractivity contribution in [2.24, 2.45) is 11.8 Å². The Bertz CT molecular complexity index is 244. The molecular formula is C12H23NO3S. The number of hydrogen-bond acceptors (Lipinski definition) is 3. The highest BCUT2D eigenvalue weighted by atomic mass is 32.2. The Morgan fingerprint density at radius 3 is 2.47 bits per heavy atom. The van der Waals surface area contributed by atoms with E-state index in [1.165, 1.54) is 0 Å². The molecule has 0 aromatic rings. The Balaban J connectivity index is 3.97. The maximum absolute atomic E-state index is 11.4. The van der Waals surface area contributed by atoms with Crippen LogP contribution in [0.1, 0.15) is 33.1 Å². The summed E-state index contributed by atoms with van der Waals surface area (Å²) in [6, 6.07) is 0. The van der Waals surface area contributed by atoms with Crippen molar-refractivity contribution in [2.75, 3.05) is 18.6 Å². The number of carboxylic acids is 1. The summed E-state index contributed by atoms with van der Waals surface area (Å²) >= 11 is 1.63. The van der Waals surface area contributed by atoms with Crippen LogP contribution in [0.15, 0.2) is 0 Å². The summed E-state index contributed by atoms with van der Waals surface area (Å²) in [6.45, 7) is 4.59. The van der Waals surface area contributed by atoms with E-state index < -0.39 is 5.97 Å². The Hall–Kier alpha value is -0.710. The predicted molar refractivity (Wildman–Crippen MR) is 71.2 cm³/mol. The van der Waals surface area contributed by atoms with E-state index in [1.54, 1.807) is 11.8 Å². The van der Waals surface area contributed by atoms with Gasteiger partial charge in [-0.3, -0.25) is 9.59 Å². The normalized spacial score (nSPS) is 12.5. The molecule has 0 aromatic carbocycles. The summed E-state index contributed by atoms with van der Waals surface area (Å²) < 4.78 is 0. The highest BCUT2D eigenvalue weighted by molar-refractivity contribution is 7.98. The Morgan fingerprint density at radius 1 is 1.35 bits per heavy atom. The van der Waals surface area contributed by atoms with Crippen LogP contribution in [-0.4, -0.2) is 35.5 Å². The average Bonchev–Trinajstić information content (AvgIpc) is 2.21. The molecule has 1 atom stereocenters. The number of carbonyl (C=O) groups excluding carboxylic acids is 1. The molecule has 4 nitrogen and oxygen atoms in total. The van der Waals surface area contributed by atoms with Crippen LogP contribution in [-0.2, 0) is 9.59 Å². The number of thioether (sulfide) groups is 1. The van der Waals surface area contributed by atoms with Crippen LogP contribution in [0.25, 0.3) is 0 Å². The summed E-state index contributed by atoms with van der Waals surface area (Å²) in [5, 5.41) is 11.6. The van der Waals surface area contributed by atoms with E-state index in [1.807, 2.05) is 6.26 Å². The monoisotopic (exact) mass is 261 g/mol. The highest BCUT2D eigenvalue weighted by Crippen LogP contribution is 2.14. The first-order chi connectivity index (χ1) is 7.95. The lowest BCUT2D eigenvalue weighted by atomic mass is 9.94. The average molecular weight is 261 g/mol. The first-order valence-electron chi connectivity index (χ1n) is 5.93. The van der Waals surface area contributed by atoms with Gasteiger partial charge in [-0.05, 0) is 24.5 Å². The molecule has 0 unspecified atom stereocenters. The molecule has 0 saturated carbocycles. The van der Waals surface area contributed by atoms with E-state index in [4.69, 9.17) is 5.11 Å². The number of carbonyl (C=O) groups is 2. The van der Waals surface area contributed by atoms with E-state index in [0.29, 0.717) is 18.9 Å². The third-order valence-electron chi connectivity index (χ3n) is 2.39. The van der Waals surface area contributed by atoms with Crippen molar-refractivity contribution < 1.29 is 14.7 Å². The third-order valence-corrected chi connectivity index (χ3v) is 3.00. The second-order valence-electron chi connectivity index (χ2n) is 4.64. The molecule has 100 valence electrons. The summed E-state index contributed by atoms with van der Waals surface area (Å²) in [5.41, 5.74) is 0. The zero-order chi connectivity index (χ0) is 13.3. The molecular weight excluding hydrogens is 238 g/mol. The molecule has 17 heavy (non-hydrogen) atoms. The van der Waals surface area contributed by atoms with Gasteiger partial charge >= 0.3 is 5.97 Å². The van der Waals surface area contributed by atoms with Crippen LogP contribution in [0.5, 0.6) is 0 Å². The third kappa shape index (κ3) is 10.2. The summed E-state index contributed by atoms with van der Waals surface area (Å²) in [7, 11) is 0. The predicted octanol–water partition coefficient (Wildman–Crippen LogP) is 1.99. The van der Waals surface area contributed by atoms with E-state index in [0.717, 1.165) is 12.2 Å². The van der Waals surface area contributed by atoms with Gasteiger partial charge in [0.1, 0.15) is 0 Å². The van der Waals surface area contributed by atoms with Crippen LogP contribution in [0.4, 0.5) is 0 Å². The minimum Gasteiger partial charge on any atom is -0.481 e. The van der Waals surface area contributed by atoms with Crippen LogP contribution in [0.2, 0.25) is 0 Å². The standard InChI is InChI=1S/C12H23NO3S/c1-9(2)6-10(7-12(15)16)8-13-11(14)4-5-17-3/h9-10H,4-8H2,1-3H3,(H,13,14)(H,15,16)/t10-/m0/s1.